The topological polar surface area (TPSA) is 66.4 Å². The molecular weight excluding hydrogens is 269 g/mol. The molecular formula is C13H10FNO3S. The lowest BCUT2D eigenvalue weighted by atomic mass is 10.1. The van der Waals surface area contributed by atoms with Crippen LogP contribution < -0.4 is 5.32 Å². The summed E-state index contributed by atoms with van der Waals surface area (Å²) in [5.41, 5.74) is 0.200. The van der Waals surface area contributed by atoms with E-state index in [-0.39, 0.29) is 5.69 Å². The minimum Gasteiger partial charge on any atom is -0.478 e. The maximum atomic E-state index is 13.4. The lowest BCUT2D eigenvalue weighted by Gasteiger charge is -2.08. The second kappa shape index (κ2) is 5.19. The number of carbonyl (C=O) groups is 2. The van der Waals surface area contributed by atoms with Crippen molar-refractivity contribution in [2.75, 3.05) is 5.32 Å². The van der Waals surface area contributed by atoms with Gasteiger partial charge in [0.25, 0.3) is 5.91 Å². The van der Waals surface area contributed by atoms with Crippen molar-refractivity contribution in [1.82, 2.24) is 0 Å². The Morgan fingerprint density at radius 3 is 2.63 bits per heavy atom. The molecule has 0 unspecified atom stereocenters. The van der Waals surface area contributed by atoms with Crippen LogP contribution in [0.1, 0.15) is 25.6 Å². The average Bonchev–Trinajstić information content (AvgIpc) is 2.75. The van der Waals surface area contributed by atoms with Crippen molar-refractivity contribution in [3.05, 3.63) is 51.5 Å². The SMILES string of the molecule is Cc1ccsc1C(=O)Nc1cccc(F)c1C(=O)O. The van der Waals surface area contributed by atoms with E-state index in [0.717, 1.165) is 11.6 Å². The van der Waals surface area contributed by atoms with Crippen LogP contribution in [-0.2, 0) is 0 Å². The molecule has 1 aromatic carbocycles. The molecule has 0 aliphatic carbocycles. The molecule has 98 valence electrons. The van der Waals surface area contributed by atoms with Crippen molar-refractivity contribution >= 4 is 28.9 Å². The molecule has 0 spiro atoms. The van der Waals surface area contributed by atoms with Crippen LogP contribution in [0.25, 0.3) is 0 Å². The highest BCUT2D eigenvalue weighted by atomic mass is 32.1. The zero-order valence-electron chi connectivity index (χ0n) is 9.94. The molecule has 0 bridgehead atoms. The Morgan fingerprint density at radius 2 is 2.05 bits per heavy atom. The Hall–Kier alpha value is -2.21. The highest BCUT2D eigenvalue weighted by Crippen LogP contribution is 2.22. The molecule has 0 aliphatic rings. The molecule has 0 saturated heterocycles. The molecule has 2 N–H and O–H groups in total. The molecule has 2 aromatic rings. The van der Waals surface area contributed by atoms with E-state index < -0.39 is 23.3 Å². The Morgan fingerprint density at radius 1 is 1.32 bits per heavy atom. The second-order valence-electron chi connectivity index (χ2n) is 3.85. The number of benzene rings is 1. The Balaban J connectivity index is 2.35. The van der Waals surface area contributed by atoms with Gasteiger partial charge in [0.15, 0.2) is 0 Å². The summed E-state index contributed by atoms with van der Waals surface area (Å²) in [5.74, 6) is -2.75. The van der Waals surface area contributed by atoms with Crippen LogP contribution in [0.5, 0.6) is 0 Å². The largest absolute Gasteiger partial charge is 0.478 e. The lowest BCUT2D eigenvalue weighted by molar-refractivity contribution is 0.0693. The number of rotatable bonds is 3. The summed E-state index contributed by atoms with van der Waals surface area (Å²) in [6.07, 6.45) is 0. The summed E-state index contributed by atoms with van der Waals surface area (Å²) in [6.45, 7) is 1.77. The first kappa shape index (κ1) is 13.2. The predicted molar refractivity (Wildman–Crippen MR) is 70.4 cm³/mol. The van der Waals surface area contributed by atoms with Gasteiger partial charge in [-0.3, -0.25) is 4.79 Å². The number of thiophene rings is 1. The van der Waals surface area contributed by atoms with Gasteiger partial charge in [0.05, 0.1) is 10.6 Å². The number of carboxylic acids is 1. The van der Waals surface area contributed by atoms with Crippen LogP contribution >= 0.6 is 11.3 Å². The molecule has 0 aliphatic heterocycles. The summed E-state index contributed by atoms with van der Waals surface area (Å²) >= 11 is 1.24. The average molecular weight is 279 g/mol. The maximum absolute atomic E-state index is 13.4. The van der Waals surface area contributed by atoms with Crippen molar-refractivity contribution in [3.63, 3.8) is 0 Å². The molecule has 0 atom stereocenters. The van der Waals surface area contributed by atoms with Crippen molar-refractivity contribution < 1.29 is 19.1 Å². The minimum absolute atomic E-state index is 0.0506. The molecule has 4 nitrogen and oxygen atoms in total. The number of hydrogen-bond acceptors (Lipinski definition) is 3. The first-order valence-electron chi connectivity index (χ1n) is 5.38. The molecule has 0 saturated carbocycles. The molecule has 0 fully saturated rings. The minimum atomic E-state index is -1.42. The van der Waals surface area contributed by atoms with Crippen molar-refractivity contribution in [1.29, 1.82) is 0 Å². The van der Waals surface area contributed by atoms with Gasteiger partial charge in [-0.05, 0) is 36.1 Å². The number of amides is 1. The van der Waals surface area contributed by atoms with E-state index in [1.54, 1.807) is 18.4 Å². The molecule has 1 amide bonds. The number of carbonyl (C=O) groups excluding carboxylic acids is 1. The highest BCUT2D eigenvalue weighted by Gasteiger charge is 2.18. The molecule has 1 aromatic heterocycles. The van der Waals surface area contributed by atoms with Crippen LogP contribution in [0.4, 0.5) is 10.1 Å². The van der Waals surface area contributed by atoms with E-state index in [1.807, 2.05) is 0 Å². The van der Waals surface area contributed by atoms with Crippen LogP contribution in [0.2, 0.25) is 0 Å². The van der Waals surface area contributed by atoms with Gasteiger partial charge in [0.2, 0.25) is 0 Å². The molecule has 6 heteroatoms. The fraction of sp³-hybridized carbons (Fsp3) is 0.0769. The zero-order chi connectivity index (χ0) is 14.0. The van der Waals surface area contributed by atoms with Gasteiger partial charge in [0, 0.05) is 0 Å². The number of anilines is 1. The van der Waals surface area contributed by atoms with Gasteiger partial charge in [-0.25, -0.2) is 9.18 Å². The number of aryl methyl sites for hydroxylation is 1. The standard InChI is InChI=1S/C13H10FNO3S/c1-7-5-6-19-11(7)12(16)15-9-4-2-3-8(14)10(9)13(17)18/h2-6H,1H3,(H,15,16)(H,17,18). The number of aromatic carboxylic acids is 1. The molecule has 19 heavy (non-hydrogen) atoms. The van der Waals surface area contributed by atoms with Gasteiger partial charge < -0.3 is 10.4 Å². The van der Waals surface area contributed by atoms with Gasteiger partial charge in [-0.15, -0.1) is 11.3 Å². The molecule has 0 radical (unpaired) electrons. The van der Waals surface area contributed by atoms with Gasteiger partial charge in [0.1, 0.15) is 11.4 Å². The third-order valence-electron chi connectivity index (χ3n) is 2.54. The number of nitrogens with one attached hydrogen (secondary N) is 1. The monoisotopic (exact) mass is 279 g/mol. The lowest BCUT2D eigenvalue weighted by Crippen LogP contribution is -2.15. The van der Waals surface area contributed by atoms with E-state index >= 15 is 0 Å². The first-order valence-corrected chi connectivity index (χ1v) is 6.26. The van der Waals surface area contributed by atoms with Crippen LogP contribution in [0.3, 0.4) is 0 Å². The van der Waals surface area contributed by atoms with Crippen LogP contribution in [0.15, 0.2) is 29.6 Å². The normalized spacial score (nSPS) is 10.2. The van der Waals surface area contributed by atoms with E-state index in [4.69, 9.17) is 5.11 Å². The number of halogens is 1. The van der Waals surface area contributed by atoms with Crippen molar-refractivity contribution in [3.8, 4) is 0 Å². The third-order valence-corrected chi connectivity index (χ3v) is 3.56. The second-order valence-corrected chi connectivity index (χ2v) is 4.77. The number of carboxylic acid groups (broad SMARTS) is 1. The fourth-order valence-corrected chi connectivity index (χ4v) is 2.45. The predicted octanol–water partition coefficient (Wildman–Crippen LogP) is 3.15. The third kappa shape index (κ3) is 2.63. The van der Waals surface area contributed by atoms with Gasteiger partial charge in [-0.1, -0.05) is 6.07 Å². The molecule has 1 heterocycles. The zero-order valence-corrected chi connectivity index (χ0v) is 10.8. The Bertz CT molecular complexity index is 651. The summed E-state index contributed by atoms with van der Waals surface area (Å²) in [6, 6.07) is 5.52. The van der Waals surface area contributed by atoms with Gasteiger partial charge in [-0.2, -0.15) is 0 Å². The summed E-state index contributed by atoms with van der Waals surface area (Å²) in [7, 11) is 0. The first-order chi connectivity index (χ1) is 9.00. The maximum Gasteiger partial charge on any atom is 0.340 e. The van der Waals surface area contributed by atoms with Crippen molar-refractivity contribution in [2.24, 2.45) is 0 Å². The summed E-state index contributed by atoms with van der Waals surface area (Å²) < 4.78 is 13.4. The summed E-state index contributed by atoms with van der Waals surface area (Å²) in [4.78, 5) is 23.4. The van der Waals surface area contributed by atoms with Gasteiger partial charge >= 0.3 is 5.97 Å². The van der Waals surface area contributed by atoms with Crippen LogP contribution in [-0.4, -0.2) is 17.0 Å². The molecule has 2 rings (SSSR count). The van der Waals surface area contributed by atoms with E-state index in [9.17, 15) is 14.0 Å². The Kier molecular flexibility index (Phi) is 3.62. The fourth-order valence-electron chi connectivity index (χ4n) is 1.63. The summed E-state index contributed by atoms with van der Waals surface area (Å²) in [5, 5.41) is 13.1. The quantitative estimate of drug-likeness (QED) is 0.907. The van der Waals surface area contributed by atoms with E-state index in [2.05, 4.69) is 5.32 Å². The smallest absolute Gasteiger partial charge is 0.340 e. The highest BCUT2D eigenvalue weighted by molar-refractivity contribution is 7.12. The van der Waals surface area contributed by atoms with Crippen molar-refractivity contribution in [2.45, 2.75) is 6.92 Å². The van der Waals surface area contributed by atoms with Crippen LogP contribution in [0, 0.1) is 12.7 Å². The van der Waals surface area contributed by atoms with E-state index in [1.165, 1.54) is 23.5 Å². The Labute approximate surface area is 112 Å². The van der Waals surface area contributed by atoms with E-state index in [0.29, 0.717) is 4.88 Å². The number of hydrogen-bond donors (Lipinski definition) is 2.